The van der Waals surface area contributed by atoms with Gasteiger partial charge in [-0.05, 0) is 30.7 Å². The standard InChI is InChI=1S/C20H19F3N4O3/c1-11(2)17-25-18(30-26-17)13-7-4-6-12(3)16(13)24-15(28)10-27-9-5-8-14(19(27)29)20(21,22)23/h4-9,11H,10H2,1-3H3,(H,24,28). The molecule has 2 aromatic heterocycles. The Kier molecular flexibility index (Phi) is 5.77. The number of benzene rings is 1. The Bertz CT molecular complexity index is 1130. The third-order valence-electron chi connectivity index (χ3n) is 4.37. The molecule has 158 valence electrons. The zero-order chi connectivity index (χ0) is 22.1. The van der Waals surface area contributed by atoms with Gasteiger partial charge in [0.1, 0.15) is 12.1 Å². The van der Waals surface area contributed by atoms with Crippen molar-refractivity contribution in [3.05, 3.63) is 63.8 Å². The average molecular weight is 420 g/mol. The second-order valence-corrected chi connectivity index (χ2v) is 7.01. The fourth-order valence-corrected chi connectivity index (χ4v) is 2.80. The largest absolute Gasteiger partial charge is 0.421 e. The van der Waals surface area contributed by atoms with E-state index in [2.05, 4.69) is 15.5 Å². The average Bonchev–Trinajstić information content (AvgIpc) is 3.14. The van der Waals surface area contributed by atoms with E-state index in [4.69, 9.17) is 4.52 Å². The van der Waals surface area contributed by atoms with Crippen molar-refractivity contribution in [1.29, 1.82) is 0 Å². The van der Waals surface area contributed by atoms with Crippen LogP contribution in [0.1, 0.15) is 36.7 Å². The van der Waals surface area contributed by atoms with Gasteiger partial charge in [-0.15, -0.1) is 0 Å². The molecule has 0 bridgehead atoms. The third-order valence-corrected chi connectivity index (χ3v) is 4.37. The van der Waals surface area contributed by atoms with Gasteiger partial charge in [-0.3, -0.25) is 9.59 Å². The molecule has 0 spiro atoms. The lowest BCUT2D eigenvalue weighted by molar-refractivity contribution is -0.139. The van der Waals surface area contributed by atoms with Crippen molar-refractivity contribution >= 4 is 11.6 Å². The van der Waals surface area contributed by atoms with Crippen molar-refractivity contribution in [2.75, 3.05) is 5.32 Å². The van der Waals surface area contributed by atoms with Gasteiger partial charge in [0, 0.05) is 12.1 Å². The summed E-state index contributed by atoms with van der Waals surface area (Å²) in [6.45, 7) is 4.97. The maximum atomic E-state index is 12.9. The maximum Gasteiger partial charge on any atom is 0.421 e. The Hall–Kier alpha value is -3.43. The molecule has 0 unspecified atom stereocenters. The molecule has 0 saturated heterocycles. The van der Waals surface area contributed by atoms with Crippen molar-refractivity contribution in [3.63, 3.8) is 0 Å². The highest BCUT2D eigenvalue weighted by atomic mass is 19.4. The first-order chi connectivity index (χ1) is 14.1. The molecule has 0 fully saturated rings. The Balaban J connectivity index is 1.89. The number of aromatic nitrogens is 3. The number of anilines is 1. The summed E-state index contributed by atoms with van der Waals surface area (Å²) < 4.78 is 44.8. The first kappa shape index (κ1) is 21.3. The summed E-state index contributed by atoms with van der Waals surface area (Å²) in [7, 11) is 0. The van der Waals surface area contributed by atoms with E-state index in [1.165, 1.54) is 0 Å². The monoisotopic (exact) mass is 420 g/mol. The second kappa shape index (κ2) is 8.13. The summed E-state index contributed by atoms with van der Waals surface area (Å²) in [4.78, 5) is 28.9. The van der Waals surface area contributed by atoms with Crippen molar-refractivity contribution in [3.8, 4) is 11.5 Å². The number of hydrogen-bond donors (Lipinski definition) is 1. The maximum absolute atomic E-state index is 12.9. The molecule has 0 radical (unpaired) electrons. The van der Waals surface area contributed by atoms with Crippen molar-refractivity contribution in [2.24, 2.45) is 0 Å². The molecule has 0 saturated carbocycles. The summed E-state index contributed by atoms with van der Waals surface area (Å²) in [5.41, 5.74) is -1.09. The molecule has 2 heterocycles. The van der Waals surface area contributed by atoms with E-state index < -0.39 is 29.8 Å². The normalized spacial score (nSPS) is 11.7. The summed E-state index contributed by atoms with van der Waals surface area (Å²) in [6.07, 6.45) is -3.67. The van der Waals surface area contributed by atoms with Gasteiger partial charge < -0.3 is 14.4 Å². The molecular formula is C20H19F3N4O3. The number of carbonyl (C=O) groups excluding carboxylic acids is 1. The highest BCUT2D eigenvalue weighted by molar-refractivity contribution is 5.95. The number of hydrogen-bond acceptors (Lipinski definition) is 5. The molecule has 0 atom stereocenters. The molecule has 0 aliphatic rings. The first-order valence-electron chi connectivity index (χ1n) is 9.08. The zero-order valence-electron chi connectivity index (χ0n) is 16.4. The molecule has 7 nitrogen and oxygen atoms in total. The number of nitrogens with one attached hydrogen (secondary N) is 1. The minimum Gasteiger partial charge on any atom is -0.334 e. The highest BCUT2D eigenvalue weighted by Gasteiger charge is 2.34. The van der Waals surface area contributed by atoms with E-state index >= 15 is 0 Å². The number of carbonyl (C=O) groups is 1. The second-order valence-electron chi connectivity index (χ2n) is 7.01. The van der Waals surface area contributed by atoms with Crippen molar-refractivity contribution in [1.82, 2.24) is 14.7 Å². The van der Waals surface area contributed by atoms with E-state index in [0.717, 1.165) is 12.3 Å². The lowest BCUT2D eigenvalue weighted by Gasteiger charge is -2.13. The molecular weight excluding hydrogens is 401 g/mol. The van der Waals surface area contributed by atoms with Gasteiger partial charge in [0.05, 0.1) is 11.3 Å². The minimum atomic E-state index is -4.80. The summed E-state index contributed by atoms with van der Waals surface area (Å²) in [5, 5.41) is 6.55. The molecule has 0 aliphatic heterocycles. The van der Waals surface area contributed by atoms with Crippen LogP contribution in [-0.4, -0.2) is 20.6 Å². The van der Waals surface area contributed by atoms with Gasteiger partial charge in [-0.2, -0.15) is 18.2 Å². The van der Waals surface area contributed by atoms with Crippen LogP contribution in [0.4, 0.5) is 18.9 Å². The molecule has 3 aromatic rings. The Labute approximate surface area is 169 Å². The van der Waals surface area contributed by atoms with Crippen LogP contribution in [0.3, 0.4) is 0 Å². The summed E-state index contributed by atoms with van der Waals surface area (Å²) >= 11 is 0. The lowest BCUT2D eigenvalue weighted by Crippen LogP contribution is -2.32. The van der Waals surface area contributed by atoms with Gasteiger partial charge in [0.25, 0.3) is 11.4 Å². The van der Waals surface area contributed by atoms with Crippen molar-refractivity contribution < 1.29 is 22.5 Å². The number of pyridine rings is 1. The van der Waals surface area contributed by atoms with E-state index in [-0.39, 0.29) is 11.8 Å². The molecule has 1 N–H and O–H groups in total. The number of amides is 1. The van der Waals surface area contributed by atoms with E-state index in [0.29, 0.717) is 33.3 Å². The van der Waals surface area contributed by atoms with Gasteiger partial charge >= 0.3 is 6.18 Å². The number of rotatable bonds is 5. The molecule has 1 aromatic carbocycles. The fraction of sp³-hybridized carbons (Fsp3) is 0.300. The van der Waals surface area contributed by atoms with Gasteiger partial charge in [-0.1, -0.05) is 31.1 Å². The molecule has 1 amide bonds. The van der Waals surface area contributed by atoms with Gasteiger partial charge in [0.15, 0.2) is 5.82 Å². The Morgan fingerprint density at radius 2 is 1.97 bits per heavy atom. The van der Waals surface area contributed by atoms with Crippen LogP contribution in [0, 0.1) is 6.92 Å². The number of alkyl halides is 3. The van der Waals surface area contributed by atoms with E-state index in [1.54, 1.807) is 25.1 Å². The Morgan fingerprint density at radius 1 is 1.23 bits per heavy atom. The van der Waals surface area contributed by atoms with Gasteiger partial charge in [0.2, 0.25) is 5.91 Å². The molecule has 0 aliphatic carbocycles. The number of nitrogens with zero attached hydrogens (tertiary/aromatic N) is 3. The van der Waals surface area contributed by atoms with Gasteiger partial charge in [-0.25, -0.2) is 0 Å². The van der Waals surface area contributed by atoms with Crippen LogP contribution in [0.25, 0.3) is 11.5 Å². The van der Waals surface area contributed by atoms with Crippen LogP contribution in [0.5, 0.6) is 0 Å². The summed E-state index contributed by atoms with van der Waals surface area (Å²) in [6, 6.07) is 6.92. The quantitative estimate of drug-likeness (QED) is 0.674. The van der Waals surface area contributed by atoms with Crippen molar-refractivity contribution in [2.45, 2.75) is 39.4 Å². The third kappa shape index (κ3) is 4.42. The predicted molar refractivity (Wildman–Crippen MR) is 103 cm³/mol. The van der Waals surface area contributed by atoms with E-state index in [9.17, 15) is 22.8 Å². The van der Waals surface area contributed by atoms with Crippen LogP contribution >= 0.6 is 0 Å². The lowest BCUT2D eigenvalue weighted by atomic mass is 10.1. The smallest absolute Gasteiger partial charge is 0.334 e. The molecule has 30 heavy (non-hydrogen) atoms. The Morgan fingerprint density at radius 3 is 2.60 bits per heavy atom. The molecule has 10 heteroatoms. The van der Waals surface area contributed by atoms with Crippen LogP contribution in [-0.2, 0) is 17.5 Å². The summed E-state index contributed by atoms with van der Waals surface area (Å²) in [5.74, 6) is 0.0712. The minimum absolute atomic E-state index is 0.0399. The SMILES string of the molecule is Cc1cccc(-c2nc(C(C)C)no2)c1NC(=O)Cn1cccc(C(F)(F)F)c1=O. The fourth-order valence-electron chi connectivity index (χ4n) is 2.80. The predicted octanol–water partition coefficient (Wildman–Crippen LogP) is 3.99. The molecule has 3 rings (SSSR count). The van der Waals surface area contributed by atoms with Crippen LogP contribution in [0.15, 0.2) is 45.8 Å². The van der Waals surface area contributed by atoms with E-state index in [1.807, 2.05) is 13.8 Å². The number of para-hydroxylation sites is 1. The first-order valence-corrected chi connectivity index (χ1v) is 9.08. The number of halogens is 3. The number of aryl methyl sites for hydroxylation is 1. The highest BCUT2D eigenvalue weighted by Crippen LogP contribution is 2.30. The zero-order valence-corrected chi connectivity index (χ0v) is 16.4. The topological polar surface area (TPSA) is 90.0 Å². The van der Waals surface area contributed by atoms with Crippen LogP contribution < -0.4 is 10.9 Å². The van der Waals surface area contributed by atoms with Crippen LogP contribution in [0.2, 0.25) is 0 Å².